The van der Waals surface area contributed by atoms with E-state index in [0.717, 1.165) is 0 Å². The van der Waals surface area contributed by atoms with Crippen LogP contribution < -0.4 is 0 Å². The first-order valence-corrected chi connectivity index (χ1v) is 5.67. The molecule has 0 saturated carbocycles. The number of hydrogen-bond donors (Lipinski definition) is 2. The number of carboxylic acid groups (broad SMARTS) is 2. The summed E-state index contributed by atoms with van der Waals surface area (Å²) in [5.41, 5.74) is 0. The molecule has 0 unspecified atom stereocenters. The fourth-order valence-corrected chi connectivity index (χ4v) is 1.58. The minimum atomic E-state index is -1.10. The van der Waals surface area contributed by atoms with E-state index >= 15 is 0 Å². The predicted octanol–water partition coefficient (Wildman–Crippen LogP) is 1.49. The highest BCUT2D eigenvalue weighted by Crippen LogP contribution is 2.26. The van der Waals surface area contributed by atoms with Gasteiger partial charge in [-0.05, 0) is 13.8 Å². The van der Waals surface area contributed by atoms with Crippen molar-refractivity contribution in [1.29, 1.82) is 0 Å². The van der Waals surface area contributed by atoms with Crippen molar-refractivity contribution in [2.75, 3.05) is 13.2 Å². The highest BCUT2D eigenvalue weighted by atomic mass is 16.7. The van der Waals surface area contributed by atoms with Gasteiger partial charge in [0.1, 0.15) is 0 Å². The summed E-state index contributed by atoms with van der Waals surface area (Å²) in [4.78, 5) is 21.1. The highest BCUT2D eigenvalue weighted by molar-refractivity contribution is 5.67. The molecule has 0 aliphatic heterocycles. The Morgan fingerprint density at radius 1 is 0.941 bits per heavy atom. The van der Waals surface area contributed by atoms with Crippen molar-refractivity contribution in [2.24, 2.45) is 0 Å². The van der Waals surface area contributed by atoms with Crippen molar-refractivity contribution in [2.45, 2.75) is 45.3 Å². The van der Waals surface area contributed by atoms with Gasteiger partial charge in [0.15, 0.2) is 5.79 Å². The van der Waals surface area contributed by atoms with Gasteiger partial charge in [0.2, 0.25) is 0 Å². The minimum Gasteiger partial charge on any atom is -0.481 e. The third kappa shape index (κ3) is 6.91. The first kappa shape index (κ1) is 15.9. The Bertz CT molecular complexity index is 224. The van der Waals surface area contributed by atoms with E-state index in [-0.39, 0.29) is 25.7 Å². The van der Waals surface area contributed by atoms with E-state index in [0.29, 0.717) is 13.2 Å². The molecule has 0 aromatic rings. The largest absolute Gasteiger partial charge is 0.481 e. The van der Waals surface area contributed by atoms with Gasteiger partial charge in [-0.1, -0.05) is 0 Å². The molecule has 0 bridgehead atoms. The van der Waals surface area contributed by atoms with Crippen LogP contribution >= 0.6 is 0 Å². The summed E-state index contributed by atoms with van der Waals surface area (Å²) in [6.07, 6.45) is 0.0772. The van der Waals surface area contributed by atoms with Gasteiger partial charge in [-0.3, -0.25) is 9.59 Å². The molecule has 100 valence electrons. The van der Waals surface area contributed by atoms with Crippen molar-refractivity contribution in [1.82, 2.24) is 0 Å². The smallest absolute Gasteiger partial charge is 0.303 e. The molecule has 6 heteroatoms. The maximum Gasteiger partial charge on any atom is 0.303 e. The van der Waals surface area contributed by atoms with E-state index in [1.54, 1.807) is 13.8 Å². The molecule has 0 saturated heterocycles. The maximum absolute atomic E-state index is 10.6. The maximum atomic E-state index is 10.6. The molecule has 0 aliphatic carbocycles. The zero-order chi connectivity index (χ0) is 13.3. The predicted molar refractivity (Wildman–Crippen MR) is 59.7 cm³/mol. The normalized spacial score (nSPS) is 11.4. The van der Waals surface area contributed by atoms with E-state index < -0.39 is 17.7 Å². The molecule has 2 N–H and O–H groups in total. The molecule has 0 atom stereocenters. The first-order chi connectivity index (χ1) is 7.95. The molecule has 0 aliphatic rings. The molecule has 0 amide bonds. The van der Waals surface area contributed by atoms with Crippen LogP contribution in [0.15, 0.2) is 0 Å². The lowest BCUT2D eigenvalue weighted by molar-refractivity contribution is -0.242. The van der Waals surface area contributed by atoms with Crippen LogP contribution in [0.1, 0.15) is 39.5 Å². The van der Waals surface area contributed by atoms with E-state index in [9.17, 15) is 9.59 Å². The van der Waals surface area contributed by atoms with Crippen LogP contribution in [0.2, 0.25) is 0 Å². The summed E-state index contributed by atoms with van der Waals surface area (Å²) in [6, 6.07) is 0. The summed E-state index contributed by atoms with van der Waals surface area (Å²) < 4.78 is 10.8. The number of aliphatic carboxylic acids is 2. The van der Waals surface area contributed by atoms with Gasteiger partial charge in [0, 0.05) is 26.1 Å². The van der Waals surface area contributed by atoms with Gasteiger partial charge in [0.05, 0.1) is 12.8 Å². The molecule has 0 heterocycles. The summed E-state index contributed by atoms with van der Waals surface area (Å²) in [5, 5.41) is 17.3. The van der Waals surface area contributed by atoms with Gasteiger partial charge in [-0.25, -0.2) is 0 Å². The molecular formula is C11H20O6. The lowest BCUT2D eigenvalue weighted by atomic mass is 10.0. The Labute approximate surface area is 101 Å². The molecule has 0 rings (SSSR count). The highest BCUT2D eigenvalue weighted by Gasteiger charge is 2.32. The molecule has 6 nitrogen and oxygen atoms in total. The number of hydrogen-bond acceptors (Lipinski definition) is 4. The molecule has 0 fully saturated rings. The second kappa shape index (κ2) is 8.03. The van der Waals surface area contributed by atoms with E-state index in [4.69, 9.17) is 19.7 Å². The average Bonchev–Trinajstić information content (AvgIpc) is 2.24. The van der Waals surface area contributed by atoms with Crippen molar-refractivity contribution in [3.05, 3.63) is 0 Å². The Kier molecular flexibility index (Phi) is 7.49. The lowest BCUT2D eigenvalue weighted by Gasteiger charge is -2.32. The van der Waals surface area contributed by atoms with Crippen LogP contribution in [0.4, 0.5) is 0 Å². The van der Waals surface area contributed by atoms with Crippen molar-refractivity contribution in [3.63, 3.8) is 0 Å². The molecule has 0 aromatic heterocycles. The Hall–Kier alpha value is -1.14. The zero-order valence-corrected chi connectivity index (χ0v) is 10.3. The topological polar surface area (TPSA) is 93.1 Å². The Morgan fingerprint density at radius 3 is 1.53 bits per heavy atom. The van der Waals surface area contributed by atoms with Crippen LogP contribution in [-0.4, -0.2) is 41.2 Å². The average molecular weight is 248 g/mol. The third-order valence-corrected chi connectivity index (χ3v) is 2.25. The quantitative estimate of drug-likeness (QED) is 0.569. The number of ether oxygens (including phenoxy) is 2. The van der Waals surface area contributed by atoms with E-state index in [1.165, 1.54) is 0 Å². The van der Waals surface area contributed by atoms with E-state index in [2.05, 4.69) is 0 Å². The zero-order valence-electron chi connectivity index (χ0n) is 10.3. The van der Waals surface area contributed by atoms with Gasteiger partial charge < -0.3 is 19.7 Å². The summed E-state index contributed by atoms with van der Waals surface area (Å²) in [5.74, 6) is -3.01. The monoisotopic (exact) mass is 248 g/mol. The number of carboxylic acids is 2. The molecular weight excluding hydrogens is 228 g/mol. The van der Waals surface area contributed by atoms with Crippen LogP contribution in [-0.2, 0) is 19.1 Å². The second-order valence-corrected chi connectivity index (χ2v) is 3.56. The third-order valence-electron chi connectivity index (χ3n) is 2.25. The minimum absolute atomic E-state index is 0.111. The van der Waals surface area contributed by atoms with Crippen LogP contribution in [0.3, 0.4) is 0 Å². The van der Waals surface area contributed by atoms with Gasteiger partial charge in [-0.15, -0.1) is 0 Å². The second-order valence-electron chi connectivity index (χ2n) is 3.56. The van der Waals surface area contributed by atoms with Crippen LogP contribution in [0.5, 0.6) is 0 Å². The number of rotatable bonds is 10. The van der Waals surface area contributed by atoms with E-state index in [1.807, 2.05) is 0 Å². The Morgan fingerprint density at radius 2 is 1.29 bits per heavy atom. The molecule has 17 heavy (non-hydrogen) atoms. The SMILES string of the molecule is CCOC(CCC(=O)O)(CCC(=O)O)OCC. The summed E-state index contributed by atoms with van der Waals surface area (Å²) >= 11 is 0. The number of carbonyl (C=O) groups is 2. The van der Waals surface area contributed by atoms with Crippen LogP contribution in [0, 0.1) is 0 Å². The summed E-state index contributed by atoms with van der Waals surface area (Å²) in [7, 11) is 0. The van der Waals surface area contributed by atoms with Gasteiger partial charge in [-0.2, -0.15) is 0 Å². The Balaban J connectivity index is 4.57. The standard InChI is InChI=1S/C11H20O6/c1-3-16-11(17-4-2,7-5-9(12)13)8-6-10(14)15/h3-8H2,1-2H3,(H,12,13)(H,14,15). The fraction of sp³-hybridized carbons (Fsp3) is 0.818. The van der Waals surface area contributed by atoms with Gasteiger partial charge in [0.25, 0.3) is 0 Å². The molecule has 0 spiro atoms. The van der Waals surface area contributed by atoms with Crippen molar-refractivity contribution in [3.8, 4) is 0 Å². The fourth-order valence-electron chi connectivity index (χ4n) is 1.58. The van der Waals surface area contributed by atoms with Crippen molar-refractivity contribution < 1.29 is 29.3 Å². The first-order valence-electron chi connectivity index (χ1n) is 5.67. The molecule has 0 aromatic carbocycles. The molecule has 0 radical (unpaired) electrons. The lowest BCUT2D eigenvalue weighted by Crippen LogP contribution is -2.37. The summed E-state index contributed by atoms with van der Waals surface area (Å²) in [6.45, 7) is 4.21. The van der Waals surface area contributed by atoms with Crippen molar-refractivity contribution >= 4 is 11.9 Å². The van der Waals surface area contributed by atoms with Gasteiger partial charge >= 0.3 is 11.9 Å². The van der Waals surface area contributed by atoms with Crippen LogP contribution in [0.25, 0.3) is 0 Å².